The minimum atomic E-state index is -0.591. The van der Waals surface area contributed by atoms with E-state index >= 15 is 0 Å². The summed E-state index contributed by atoms with van der Waals surface area (Å²) in [5, 5.41) is 9.46. The molecule has 1 rings (SSSR count). The van der Waals surface area contributed by atoms with Crippen LogP contribution in [0.15, 0.2) is 12.1 Å². The fourth-order valence-electron chi connectivity index (χ4n) is 1.51. The number of hydrogen-bond donors (Lipinski definition) is 2. The summed E-state index contributed by atoms with van der Waals surface area (Å²) in [6.45, 7) is 3.79. The highest BCUT2D eigenvalue weighted by Gasteiger charge is 2.14. The Morgan fingerprint density at radius 2 is 2.07 bits per heavy atom. The monoisotopic (exact) mass is 233 g/mol. The molecular formula is C11H17ClFNO. The van der Waals surface area contributed by atoms with Gasteiger partial charge in [0.2, 0.25) is 0 Å². The van der Waals surface area contributed by atoms with Gasteiger partial charge in [-0.05, 0) is 25.0 Å². The molecule has 0 heterocycles. The Kier molecular flexibility index (Phi) is 5.61. The average Bonchev–Trinajstić information content (AvgIpc) is 2.11. The molecule has 0 radical (unpaired) electrons. The molecule has 0 amide bonds. The third-order valence-electron chi connectivity index (χ3n) is 2.24. The minimum Gasteiger partial charge on any atom is -0.505 e. The van der Waals surface area contributed by atoms with Gasteiger partial charge in [-0.3, -0.25) is 0 Å². The molecule has 1 aromatic rings. The Hall–Kier alpha value is -0.800. The first-order valence-electron chi connectivity index (χ1n) is 4.80. The summed E-state index contributed by atoms with van der Waals surface area (Å²) < 4.78 is 13.1. The predicted molar refractivity (Wildman–Crippen MR) is 61.9 cm³/mol. The maximum Gasteiger partial charge on any atom is 0.165 e. The molecule has 0 aliphatic rings. The van der Waals surface area contributed by atoms with Crippen molar-refractivity contribution in [3.63, 3.8) is 0 Å². The first-order valence-corrected chi connectivity index (χ1v) is 4.80. The summed E-state index contributed by atoms with van der Waals surface area (Å²) in [6.07, 6.45) is 1.66. The third-order valence-corrected chi connectivity index (χ3v) is 2.24. The summed E-state index contributed by atoms with van der Waals surface area (Å²) in [6, 6.07) is 2.75. The largest absolute Gasteiger partial charge is 0.505 e. The van der Waals surface area contributed by atoms with E-state index in [1.54, 1.807) is 13.0 Å². The number of hydrogen-bond acceptors (Lipinski definition) is 2. The normalized spacial score (nSPS) is 12.0. The molecule has 1 atom stereocenters. The summed E-state index contributed by atoms with van der Waals surface area (Å²) in [5.74, 6) is -0.900. The van der Waals surface area contributed by atoms with Crippen LogP contribution in [0.3, 0.4) is 0 Å². The first kappa shape index (κ1) is 14.2. The van der Waals surface area contributed by atoms with E-state index in [0.29, 0.717) is 5.56 Å². The molecule has 2 nitrogen and oxygen atoms in total. The number of halogens is 2. The van der Waals surface area contributed by atoms with Crippen LogP contribution in [0.25, 0.3) is 0 Å². The van der Waals surface area contributed by atoms with Crippen LogP contribution in [-0.4, -0.2) is 5.11 Å². The zero-order valence-corrected chi connectivity index (χ0v) is 9.77. The van der Waals surface area contributed by atoms with Crippen molar-refractivity contribution in [2.75, 3.05) is 0 Å². The quantitative estimate of drug-likeness (QED) is 0.843. The average molecular weight is 234 g/mol. The van der Waals surface area contributed by atoms with Gasteiger partial charge < -0.3 is 10.8 Å². The highest BCUT2D eigenvalue weighted by Crippen LogP contribution is 2.29. The number of rotatable bonds is 3. The fourth-order valence-corrected chi connectivity index (χ4v) is 1.51. The fraction of sp³-hybridized carbons (Fsp3) is 0.455. The Morgan fingerprint density at radius 3 is 2.60 bits per heavy atom. The number of aromatic hydroxyl groups is 1. The molecule has 86 valence electrons. The van der Waals surface area contributed by atoms with Gasteiger partial charge in [0.15, 0.2) is 11.6 Å². The smallest absolute Gasteiger partial charge is 0.165 e. The van der Waals surface area contributed by atoms with Gasteiger partial charge in [0.25, 0.3) is 0 Å². The molecule has 0 aromatic heterocycles. The summed E-state index contributed by atoms with van der Waals surface area (Å²) in [4.78, 5) is 0. The molecule has 3 N–H and O–H groups in total. The zero-order valence-electron chi connectivity index (χ0n) is 8.96. The van der Waals surface area contributed by atoms with Gasteiger partial charge >= 0.3 is 0 Å². The Morgan fingerprint density at radius 1 is 1.47 bits per heavy atom. The minimum absolute atomic E-state index is 0. The van der Waals surface area contributed by atoms with Crippen LogP contribution < -0.4 is 5.73 Å². The van der Waals surface area contributed by atoms with E-state index in [4.69, 9.17) is 5.73 Å². The van der Waals surface area contributed by atoms with Crippen molar-refractivity contribution in [2.24, 2.45) is 5.73 Å². The van der Waals surface area contributed by atoms with Crippen LogP contribution in [0.5, 0.6) is 5.75 Å². The van der Waals surface area contributed by atoms with Gasteiger partial charge in [0.1, 0.15) is 0 Å². The van der Waals surface area contributed by atoms with Gasteiger partial charge in [0.05, 0.1) is 0 Å². The standard InChI is InChI=1S/C11H16FNO.ClH/c1-3-4-10(13)8-5-7(2)6-9(12)11(8)14;/h5-6,10,14H,3-4,13H2,1-2H3;1H/t10-;/m0./s1. The maximum atomic E-state index is 13.1. The second-order valence-corrected chi connectivity index (χ2v) is 3.58. The molecule has 0 aliphatic heterocycles. The van der Waals surface area contributed by atoms with Gasteiger partial charge in [0, 0.05) is 11.6 Å². The number of phenolic OH excluding ortho intramolecular Hbond substituents is 1. The van der Waals surface area contributed by atoms with Crippen molar-refractivity contribution in [2.45, 2.75) is 32.7 Å². The van der Waals surface area contributed by atoms with E-state index < -0.39 is 5.82 Å². The van der Waals surface area contributed by atoms with Gasteiger partial charge in [-0.2, -0.15) is 0 Å². The first-order chi connectivity index (χ1) is 6.56. The highest BCUT2D eigenvalue weighted by atomic mass is 35.5. The van der Waals surface area contributed by atoms with Gasteiger partial charge in [-0.25, -0.2) is 4.39 Å². The molecule has 0 spiro atoms. The highest BCUT2D eigenvalue weighted by molar-refractivity contribution is 5.85. The number of nitrogens with two attached hydrogens (primary N) is 1. The van der Waals surface area contributed by atoms with Crippen molar-refractivity contribution in [1.29, 1.82) is 0 Å². The Balaban J connectivity index is 0.00000196. The predicted octanol–water partition coefficient (Wildman–Crippen LogP) is 3.06. The molecule has 0 saturated heterocycles. The van der Waals surface area contributed by atoms with Gasteiger partial charge in [-0.1, -0.05) is 19.4 Å². The van der Waals surface area contributed by atoms with Crippen molar-refractivity contribution in [1.82, 2.24) is 0 Å². The third kappa shape index (κ3) is 3.36. The molecule has 1 aromatic carbocycles. The second-order valence-electron chi connectivity index (χ2n) is 3.58. The van der Waals surface area contributed by atoms with Crippen LogP contribution >= 0.6 is 12.4 Å². The molecule has 4 heteroatoms. The topological polar surface area (TPSA) is 46.2 Å². The van der Waals surface area contributed by atoms with E-state index in [1.807, 2.05) is 6.92 Å². The molecule has 0 unspecified atom stereocenters. The molecule has 0 fully saturated rings. The van der Waals surface area contributed by atoms with E-state index in [2.05, 4.69) is 0 Å². The number of phenols is 1. The van der Waals surface area contributed by atoms with Crippen molar-refractivity contribution in [3.05, 3.63) is 29.1 Å². The van der Waals surface area contributed by atoms with Crippen molar-refractivity contribution >= 4 is 12.4 Å². The van der Waals surface area contributed by atoms with Gasteiger partial charge in [-0.15, -0.1) is 12.4 Å². The molecular weight excluding hydrogens is 217 g/mol. The number of benzene rings is 1. The van der Waals surface area contributed by atoms with Crippen LogP contribution in [0.4, 0.5) is 4.39 Å². The molecule has 15 heavy (non-hydrogen) atoms. The van der Waals surface area contributed by atoms with Crippen LogP contribution in [0.1, 0.15) is 36.9 Å². The number of aryl methyl sites for hydroxylation is 1. The van der Waals surface area contributed by atoms with Crippen LogP contribution in [-0.2, 0) is 0 Å². The van der Waals surface area contributed by atoms with Crippen LogP contribution in [0.2, 0.25) is 0 Å². The van der Waals surface area contributed by atoms with Crippen molar-refractivity contribution < 1.29 is 9.50 Å². The lowest BCUT2D eigenvalue weighted by Gasteiger charge is -2.13. The summed E-state index contributed by atoms with van der Waals surface area (Å²) in [7, 11) is 0. The summed E-state index contributed by atoms with van der Waals surface area (Å²) >= 11 is 0. The Labute approximate surface area is 95.7 Å². The SMILES string of the molecule is CCC[C@H](N)c1cc(C)cc(F)c1O.Cl. The van der Waals surface area contributed by atoms with E-state index in [9.17, 15) is 9.50 Å². The van der Waals surface area contributed by atoms with E-state index in [-0.39, 0.29) is 24.2 Å². The lowest BCUT2D eigenvalue weighted by atomic mass is 10.00. The second kappa shape index (κ2) is 5.93. The zero-order chi connectivity index (χ0) is 10.7. The summed E-state index contributed by atoms with van der Waals surface area (Å²) in [5.41, 5.74) is 7.10. The molecule has 0 saturated carbocycles. The lowest BCUT2D eigenvalue weighted by molar-refractivity contribution is 0.418. The maximum absolute atomic E-state index is 13.1. The van der Waals surface area contributed by atoms with Crippen molar-refractivity contribution in [3.8, 4) is 5.75 Å². The lowest BCUT2D eigenvalue weighted by Crippen LogP contribution is -2.10. The van der Waals surface area contributed by atoms with Crippen LogP contribution in [0, 0.1) is 12.7 Å². The van der Waals surface area contributed by atoms with E-state index in [0.717, 1.165) is 18.4 Å². The van der Waals surface area contributed by atoms with E-state index in [1.165, 1.54) is 6.07 Å². The Bertz CT molecular complexity index is 331. The molecule has 0 aliphatic carbocycles. The molecule has 0 bridgehead atoms.